The number of thiophene rings is 1. The molecule has 0 spiro atoms. The van der Waals surface area contributed by atoms with Crippen molar-refractivity contribution in [3.8, 4) is 11.5 Å². The molecule has 0 saturated carbocycles. The van der Waals surface area contributed by atoms with Crippen LogP contribution in [0.25, 0.3) is 10.2 Å². The first-order valence-electron chi connectivity index (χ1n) is 9.56. The zero-order chi connectivity index (χ0) is 20.4. The van der Waals surface area contributed by atoms with Gasteiger partial charge in [0.25, 0.3) is 5.56 Å². The Morgan fingerprint density at radius 1 is 1.24 bits per heavy atom. The molecule has 3 aromatic rings. The molecule has 4 rings (SSSR count). The van der Waals surface area contributed by atoms with Crippen LogP contribution >= 0.6 is 11.3 Å². The number of ether oxygens (including phenoxy) is 2. The lowest BCUT2D eigenvalue weighted by Gasteiger charge is -2.26. The van der Waals surface area contributed by atoms with Crippen LogP contribution in [0.5, 0.6) is 11.5 Å². The van der Waals surface area contributed by atoms with E-state index in [-0.39, 0.29) is 23.9 Å². The molecule has 1 amide bonds. The molecular weight excluding hydrogens is 390 g/mol. The number of fused-ring (bicyclic) bond motifs is 1. The summed E-state index contributed by atoms with van der Waals surface area (Å²) in [5, 5.41) is 2.46. The van der Waals surface area contributed by atoms with E-state index < -0.39 is 0 Å². The maximum absolute atomic E-state index is 12.9. The van der Waals surface area contributed by atoms with Gasteiger partial charge in [0.1, 0.15) is 4.83 Å². The SMILES string of the molecule is COc1ccc(C2CCCN2C(=O)CCn2cnc3sccc3c2=O)cc1OC. The van der Waals surface area contributed by atoms with Gasteiger partial charge in [0, 0.05) is 19.5 Å². The Morgan fingerprint density at radius 2 is 2.07 bits per heavy atom. The summed E-state index contributed by atoms with van der Waals surface area (Å²) in [6, 6.07) is 7.58. The minimum Gasteiger partial charge on any atom is -0.493 e. The number of benzene rings is 1. The number of carbonyl (C=O) groups excluding carboxylic acids is 1. The molecule has 3 heterocycles. The Kier molecular flexibility index (Phi) is 5.53. The van der Waals surface area contributed by atoms with Gasteiger partial charge in [0.2, 0.25) is 5.91 Å². The first-order valence-corrected chi connectivity index (χ1v) is 10.4. The summed E-state index contributed by atoms with van der Waals surface area (Å²) < 4.78 is 12.2. The van der Waals surface area contributed by atoms with Gasteiger partial charge in [-0.2, -0.15) is 0 Å². The van der Waals surface area contributed by atoms with Crippen LogP contribution < -0.4 is 15.0 Å². The smallest absolute Gasteiger partial charge is 0.262 e. The van der Waals surface area contributed by atoms with E-state index in [0.717, 1.165) is 23.2 Å². The number of carbonyl (C=O) groups is 1. The zero-order valence-corrected chi connectivity index (χ0v) is 17.3. The van der Waals surface area contributed by atoms with Gasteiger partial charge in [-0.1, -0.05) is 6.07 Å². The van der Waals surface area contributed by atoms with E-state index in [1.807, 2.05) is 28.5 Å². The summed E-state index contributed by atoms with van der Waals surface area (Å²) in [6.07, 6.45) is 3.65. The van der Waals surface area contributed by atoms with E-state index >= 15 is 0 Å². The molecule has 1 aromatic carbocycles. The number of hydrogen-bond acceptors (Lipinski definition) is 6. The fourth-order valence-electron chi connectivity index (χ4n) is 3.88. The molecule has 0 bridgehead atoms. The van der Waals surface area contributed by atoms with Crippen LogP contribution in [-0.4, -0.2) is 41.1 Å². The first-order chi connectivity index (χ1) is 14.1. The highest BCUT2D eigenvalue weighted by Crippen LogP contribution is 2.37. The second-order valence-electron chi connectivity index (χ2n) is 6.99. The van der Waals surface area contributed by atoms with Crippen molar-refractivity contribution in [1.82, 2.24) is 14.5 Å². The standard InChI is InChI=1S/C21H23N3O4S/c1-27-17-6-5-14(12-18(17)28-2)16-4-3-9-24(16)19(25)7-10-23-13-22-20-15(21(23)26)8-11-29-20/h5-6,8,11-13,16H,3-4,7,9-10H2,1-2H3. The molecule has 29 heavy (non-hydrogen) atoms. The van der Waals surface area contributed by atoms with Gasteiger partial charge >= 0.3 is 0 Å². The monoisotopic (exact) mass is 413 g/mol. The minimum absolute atomic E-state index is 0.0107. The highest BCUT2D eigenvalue weighted by Gasteiger charge is 2.30. The van der Waals surface area contributed by atoms with E-state index in [9.17, 15) is 9.59 Å². The van der Waals surface area contributed by atoms with Crippen molar-refractivity contribution in [3.05, 3.63) is 51.9 Å². The molecular formula is C21H23N3O4S. The molecule has 8 heteroatoms. The van der Waals surface area contributed by atoms with Crippen LogP contribution in [0, 0.1) is 0 Å². The Hall–Kier alpha value is -2.87. The number of hydrogen-bond donors (Lipinski definition) is 0. The van der Waals surface area contributed by atoms with Gasteiger partial charge in [-0.15, -0.1) is 11.3 Å². The maximum atomic E-state index is 12.9. The molecule has 2 aromatic heterocycles. The van der Waals surface area contributed by atoms with Crippen LogP contribution in [0.3, 0.4) is 0 Å². The third-order valence-electron chi connectivity index (χ3n) is 5.38. The van der Waals surface area contributed by atoms with Gasteiger partial charge in [0.15, 0.2) is 11.5 Å². The van der Waals surface area contributed by atoms with E-state index in [2.05, 4.69) is 4.98 Å². The average molecular weight is 413 g/mol. The third kappa shape index (κ3) is 3.72. The molecule has 152 valence electrons. The van der Waals surface area contributed by atoms with Crippen molar-refractivity contribution >= 4 is 27.5 Å². The molecule has 1 aliphatic rings. The van der Waals surface area contributed by atoms with Crippen molar-refractivity contribution in [2.75, 3.05) is 20.8 Å². The fourth-order valence-corrected chi connectivity index (χ4v) is 4.61. The quantitative estimate of drug-likeness (QED) is 0.620. The van der Waals surface area contributed by atoms with Gasteiger partial charge in [-0.3, -0.25) is 14.2 Å². The first kappa shape index (κ1) is 19.4. The minimum atomic E-state index is -0.0955. The molecule has 1 aliphatic heterocycles. The molecule has 0 N–H and O–H groups in total. The van der Waals surface area contributed by atoms with E-state index in [0.29, 0.717) is 30.0 Å². The predicted octanol–water partition coefficient (Wildman–Crippen LogP) is 3.23. The molecule has 7 nitrogen and oxygen atoms in total. The van der Waals surface area contributed by atoms with Crippen molar-refractivity contribution in [1.29, 1.82) is 0 Å². The number of amides is 1. The normalized spacial score (nSPS) is 16.3. The number of methoxy groups -OCH3 is 2. The molecule has 1 unspecified atom stereocenters. The van der Waals surface area contributed by atoms with Gasteiger partial charge in [-0.05, 0) is 42.0 Å². The van der Waals surface area contributed by atoms with E-state index in [4.69, 9.17) is 9.47 Å². The number of rotatable bonds is 6. The fraction of sp³-hybridized carbons (Fsp3) is 0.381. The Labute approximate surface area is 172 Å². The highest BCUT2D eigenvalue weighted by molar-refractivity contribution is 7.16. The van der Waals surface area contributed by atoms with Crippen LogP contribution in [0.1, 0.15) is 30.9 Å². The van der Waals surface area contributed by atoms with Crippen molar-refractivity contribution in [3.63, 3.8) is 0 Å². The number of aryl methyl sites for hydroxylation is 1. The van der Waals surface area contributed by atoms with Crippen LogP contribution in [0.15, 0.2) is 40.8 Å². The van der Waals surface area contributed by atoms with Crippen molar-refractivity contribution in [2.45, 2.75) is 31.8 Å². The summed E-state index contributed by atoms with van der Waals surface area (Å²) in [5.41, 5.74) is 0.939. The zero-order valence-electron chi connectivity index (χ0n) is 16.5. The summed E-state index contributed by atoms with van der Waals surface area (Å²) >= 11 is 1.44. The number of aromatic nitrogens is 2. The lowest BCUT2D eigenvalue weighted by molar-refractivity contribution is -0.132. The largest absolute Gasteiger partial charge is 0.493 e. The summed E-state index contributed by atoms with van der Waals surface area (Å²) in [6.45, 7) is 1.04. The summed E-state index contributed by atoms with van der Waals surface area (Å²) in [5.74, 6) is 1.37. The third-order valence-corrected chi connectivity index (χ3v) is 6.20. The molecule has 1 saturated heterocycles. The second kappa shape index (κ2) is 8.24. The van der Waals surface area contributed by atoms with Crippen LogP contribution in [0.4, 0.5) is 0 Å². The highest BCUT2D eigenvalue weighted by atomic mass is 32.1. The molecule has 0 aliphatic carbocycles. The van der Waals surface area contributed by atoms with Crippen molar-refractivity contribution < 1.29 is 14.3 Å². The van der Waals surface area contributed by atoms with E-state index in [1.54, 1.807) is 20.3 Å². The Morgan fingerprint density at radius 3 is 2.86 bits per heavy atom. The lowest BCUT2D eigenvalue weighted by atomic mass is 10.0. The average Bonchev–Trinajstić information content (AvgIpc) is 3.42. The van der Waals surface area contributed by atoms with Crippen molar-refractivity contribution in [2.24, 2.45) is 0 Å². The molecule has 1 fully saturated rings. The van der Waals surface area contributed by atoms with Gasteiger partial charge in [-0.25, -0.2) is 4.98 Å². The molecule has 1 atom stereocenters. The number of nitrogens with zero attached hydrogens (tertiary/aromatic N) is 3. The van der Waals surface area contributed by atoms with Gasteiger partial charge < -0.3 is 14.4 Å². The van der Waals surface area contributed by atoms with Gasteiger partial charge in [0.05, 0.1) is 32.0 Å². The lowest BCUT2D eigenvalue weighted by Crippen LogP contribution is -2.32. The topological polar surface area (TPSA) is 73.7 Å². The Bertz CT molecular complexity index is 1090. The molecule has 0 radical (unpaired) electrons. The van der Waals surface area contributed by atoms with Crippen LogP contribution in [0.2, 0.25) is 0 Å². The van der Waals surface area contributed by atoms with E-state index in [1.165, 1.54) is 22.2 Å². The second-order valence-corrected chi connectivity index (χ2v) is 7.89. The summed E-state index contributed by atoms with van der Waals surface area (Å²) in [4.78, 5) is 32.4. The summed E-state index contributed by atoms with van der Waals surface area (Å²) in [7, 11) is 3.21. The Balaban J connectivity index is 1.49. The number of likely N-dealkylation sites (tertiary alicyclic amines) is 1. The maximum Gasteiger partial charge on any atom is 0.262 e. The predicted molar refractivity (Wildman–Crippen MR) is 112 cm³/mol. The van der Waals surface area contributed by atoms with Crippen LogP contribution in [-0.2, 0) is 11.3 Å².